The summed E-state index contributed by atoms with van der Waals surface area (Å²) in [5.41, 5.74) is 0.877. The van der Waals surface area contributed by atoms with Crippen LogP contribution in [0.5, 0.6) is 0 Å². The van der Waals surface area contributed by atoms with Gasteiger partial charge in [0.1, 0.15) is 15.6 Å². The van der Waals surface area contributed by atoms with Crippen molar-refractivity contribution in [2.24, 2.45) is 0 Å². The fourth-order valence-electron chi connectivity index (χ4n) is 3.74. The van der Waals surface area contributed by atoms with E-state index in [0.29, 0.717) is 19.6 Å². The average Bonchev–Trinajstić information content (AvgIpc) is 3.46. The van der Waals surface area contributed by atoms with E-state index in [4.69, 9.17) is 0 Å². The van der Waals surface area contributed by atoms with Crippen molar-refractivity contribution in [1.82, 2.24) is 19.5 Å². The van der Waals surface area contributed by atoms with E-state index >= 15 is 0 Å². The fraction of sp³-hybridized carbons (Fsp3) is 0.500. The molecule has 162 valence electrons. The average molecular weight is 450 g/mol. The van der Waals surface area contributed by atoms with Gasteiger partial charge >= 0.3 is 0 Å². The monoisotopic (exact) mass is 449 g/mol. The number of rotatable bonds is 6. The SMILES string of the molecule is CN1CCN(c2ccc(CNC(=O)c3sccc3S(=O)(=O)N3CCCC3)cn2)CC1. The van der Waals surface area contributed by atoms with E-state index in [9.17, 15) is 13.2 Å². The summed E-state index contributed by atoms with van der Waals surface area (Å²) in [5, 5.41) is 4.49. The maximum absolute atomic E-state index is 12.8. The number of carbonyl (C=O) groups is 1. The molecule has 10 heteroatoms. The molecule has 0 saturated carbocycles. The molecule has 2 aliphatic heterocycles. The minimum absolute atomic E-state index is 0.107. The molecule has 2 aromatic heterocycles. The van der Waals surface area contributed by atoms with Crippen molar-refractivity contribution in [3.8, 4) is 0 Å². The largest absolute Gasteiger partial charge is 0.354 e. The van der Waals surface area contributed by atoms with Crippen LogP contribution in [0.3, 0.4) is 0 Å². The van der Waals surface area contributed by atoms with Crippen LogP contribution in [-0.2, 0) is 16.6 Å². The van der Waals surface area contributed by atoms with Crippen LogP contribution in [0, 0.1) is 0 Å². The number of amides is 1. The number of likely N-dealkylation sites (N-methyl/N-ethyl adjacent to an activating group) is 1. The van der Waals surface area contributed by atoms with E-state index in [1.54, 1.807) is 11.6 Å². The number of anilines is 1. The summed E-state index contributed by atoms with van der Waals surface area (Å²) < 4.78 is 27.1. The van der Waals surface area contributed by atoms with Crippen LogP contribution in [0.25, 0.3) is 0 Å². The zero-order valence-electron chi connectivity index (χ0n) is 17.1. The number of piperazine rings is 1. The zero-order valence-corrected chi connectivity index (χ0v) is 18.7. The van der Waals surface area contributed by atoms with Gasteiger partial charge < -0.3 is 15.1 Å². The Labute approximate surface area is 181 Å². The maximum Gasteiger partial charge on any atom is 0.263 e. The van der Waals surface area contributed by atoms with Gasteiger partial charge in [-0.05, 0) is 43.0 Å². The van der Waals surface area contributed by atoms with Crippen LogP contribution in [0.4, 0.5) is 5.82 Å². The quantitative estimate of drug-likeness (QED) is 0.721. The first-order valence-electron chi connectivity index (χ1n) is 10.2. The molecule has 0 bridgehead atoms. The van der Waals surface area contributed by atoms with Crippen molar-refractivity contribution in [1.29, 1.82) is 0 Å². The number of pyridine rings is 1. The maximum atomic E-state index is 12.8. The lowest BCUT2D eigenvalue weighted by Gasteiger charge is -2.33. The van der Waals surface area contributed by atoms with Crippen LogP contribution < -0.4 is 10.2 Å². The molecule has 0 spiro atoms. The predicted octanol–water partition coefficient (Wildman–Crippen LogP) is 1.61. The minimum Gasteiger partial charge on any atom is -0.354 e. The third-order valence-corrected chi connectivity index (χ3v) is 8.59. The van der Waals surface area contributed by atoms with Gasteiger partial charge in [0.2, 0.25) is 10.0 Å². The second-order valence-corrected chi connectivity index (χ2v) is 10.5. The smallest absolute Gasteiger partial charge is 0.263 e. The summed E-state index contributed by atoms with van der Waals surface area (Å²) in [6.45, 7) is 5.27. The number of thiophene rings is 1. The topological polar surface area (TPSA) is 85.8 Å². The summed E-state index contributed by atoms with van der Waals surface area (Å²) in [5.74, 6) is 0.571. The zero-order chi connectivity index (χ0) is 21.1. The third-order valence-electron chi connectivity index (χ3n) is 5.61. The van der Waals surface area contributed by atoms with Crippen molar-refractivity contribution in [2.45, 2.75) is 24.3 Å². The number of nitrogens with one attached hydrogen (secondary N) is 1. The Morgan fingerprint density at radius 2 is 1.83 bits per heavy atom. The van der Waals surface area contributed by atoms with E-state index < -0.39 is 10.0 Å². The highest BCUT2D eigenvalue weighted by molar-refractivity contribution is 7.89. The normalized spacial score (nSPS) is 18.6. The number of sulfonamides is 1. The van der Waals surface area contributed by atoms with Crippen LogP contribution in [0.1, 0.15) is 28.1 Å². The number of aromatic nitrogens is 1. The van der Waals surface area contributed by atoms with E-state index in [2.05, 4.69) is 27.1 Å². The van der Waals surface area contributed by atoms with Crippen molar-refractivity contribution >= 4 is 33.1 Å². The highest BCUT2D eigenvalue weighted by atomic mass is 32.2. The Hall–Kier alpha value is -2.01. The van der Waals surface area contributed by atoms with Gasteiger partial charge in [0.05, 0.1) is 0 Å². The molecule has 0 aliphatic carbocycles. The molecule has 30 heavy (non-hydrogen) atoms. The molecular formula is C20H27N5O3S2. The van der Waals surface area contributed by atoms with Gasteiger partial charge in [0, 0.05) is 52.0 Å². The first-order valence-corrected chi connectivity index (χ1v) is 12.5. The number of nitrogens with zero attached hydrogens (tertiary/aromatic N) is 4. The van der Waals surface area contributed by atoms with Crippen molar-refractivity contribution < 1.29 is 13.2 Å². The summed E-state index contributed by atoms with van der Waals surface area (Å²) in [6, 6.07) is 5.46. The standard InChI is InChI=1S/C20H27N5O3S2/c1-23-9-11-24(12-10-23)18-5-4-16(14-21-18)15-22-20(26)19-17(6-13-29-19)30(27,28)25-7-2-3-8-25/h4-6,13-14H,2-3,7-12,15H2,1H3,(H,22,26). The molecular weight excluding hydrogens is 422 g/mol. The summed E-state index contributed by atoms with van der Waals surface area (Å²) >= 11 is 1.16. The lowest BCUT2D eigenvalue weighted by atomic mass is 10.2. The van der Waals surface area contributed by atoms with E-state index in [1.807, 2.05) is 12.1 Å². The van der Waals surface area contributed by atoms with Gasteiger partial charge in [0.15, 0.2) is 0 Å². The molecule has 4 heterocycles. The van der Waals surface area contributed by atoms with Crippen molar-refractivity contribution in [2.75, 3.05) is 51.2 Å². The lowest BCUT2D eigenvalue weighted by molar-refractivity contribution is 0.0952. The fourth-order valence-corrected chi connectivity index (χ4v) is 6.57. The van der Waals surface area contributed by atoms with Gasteiger partial charge in [-0.15, -0.1) is 11.3 Å². The van der Waals surface area contributed by atoms with Crippen molar-refractivity contribution in [3.63, 3.8) is 0 Å². The van der Waals surface area contributed by atoms with Crippen molar-refractivity contribution in [3.05, 3.63) is 40.2 Å². The molecule has 8 nitrogen and oxygen atoms in total. The molecule has 2 aromatic rings. The molecule has 0 atom stereocenters. The summed E-state index contributed by atoms with van der Waals surface area (Å²) in [4.78, 5) is 22.1. The molecule has 1 N–H and O–H groups in total. The number of hydrogen-bond acceptors (Lipinski definition) is 7. The second kappa shape index (κ2) is 9.01. The molecule has 0 aromatic carbocycles. The van der Waals surface area contributed by atoms with E-state index in [-0.39, 0.29) is 15.7 Å². The Bertz CT molecular complexity index is 976. The Morgan fingerprint density at radius 3 is 2.50 bits per heavy atom. The Balaban J connectivity index is 1.38. The van der Waals surface area contributed by atoms with Gasteiger partial charge in [-0.2, -0.15) is 4.31 Å². The highest BCUT2D eigenvalue weighted by Gasteiger charge is 2.31. The Morgan fingerprint density at radius 1 is 1.10 bits per heavy atom. The molecule has 4 rings (SSSR count). The third kappa shape index (κ3) is 4.51. The number of hydrogen-bond donors (Lipinski definition) is 1. The van der Waals surface area contributed by atoms with Crippen LogP contribution in [0.2, 0.25) is 0 Å². The van der Waals surface area contributed by atoms with E-state index in [1.165, 1.54) is 10.4 Å². The predicted molar refractivity (Wildman–Crippen MR) is 117 cm³/mol. The molecule has 2 fully saturated rings. The molecule has 0 radical (unpaired) electrons. The van der Waals surface area contributed by atoms with Crippen LogP contribution >= 0.6 is 11.3 Å². The summed E-state index contributed by atoms with van der Waals surface area (Å²) in [7, 11) is -1.50. The number of carbonyl (C=O) groups excluding carboxylic acids is 1. The second-order valence-electron chi connectivity index (χ2n) is 7.72. The molecule has 2 aliphatic rings. The van der Waals surface area contributed by atoms with Gasteiger partial charge in [0.25, 0.3) is 5.91 Å². The minimum atomic E-state index is -3.61. The van der Waals surface area contributed by atoms with Gasteiger partial charge in [-0.1, -0.05) is 6.07 Å². The van der Waals surface area contributed by atoms with E-state index in [0.717, 1.165) is 61.7 Å². The van der Waals surface area contributed by atoms with Gasteiger partial charge in [-0.25, -0.2) is 13.4 Å². The van der Waals surface area contributed by atoms with Crippen LogP contribution in [-0.4, -0.2) is 74.8 Å². The molecule has 2 saturated heterocycles. The first-order chi connectivity index (χ1) is 14.4. The Kier molecular flexibility index (Phi) is 6.37. The molecule has 1 amide bonds. The first kappa shape index (κ1) is 21.2. The molecule has 0 unspecified atom stereocenters. The lowest BCUT2D eigenvalue weighted by Crippen LogP contribution is -2.44. The van der Waals surface area contributed by atoms with Crippen LogP contribution in [0.15, 0.2) is 34.7 Å². The van der Waals surface area contributed by atoms with Gasteiger partial charge in [-0.3, -0.25) is 4.79 Å². The summed E-state index contributed by atoms with van der Waals surface area (Å²) in [6.07, 6.45) is 3.49. The highest BCUT2D eigenvalue weighted by Crippen LogP contribution is 2.27.